The van der Waals surface area contributed by atoms with E-state index in [1.54, 1.807) is 13.0 Å². The lowest BCUT2D eigenvalue weighted by Gasteiger charge is -2.31. The predicted molar refractivity (Wildman–Crippen MR) is 90.7 cm³/mol. The minimum absolute atomic E-state index is 0.00131. The molecule has 6 heteroatoms. The minimum Gasteiger partial charge on any atom is -0.444 e. The van der Waals surface area contributed by atoms with Crippen LogP contribution in [-0.2, 0) is 9.53 Å². The molecular formula is C18H19ClN2O3. The number of aliphatic hydroxyl groups is 1. The highest BCUT2D eigenvalue weighted by Crippen LogP contribution is 2.44. The van der Waals surface area contributed by atoms with Crippen molar-refractivity contribution in [3.05, 3.63) is 57.6 Å². The van der Waals surface area contributed by atoms with E-state index in [4.69, 9.17) is 27.2 Å². The number of aliphatic hydroxyl groups excluding tert-OH is 1. The zero-order valence-corrected chi connectivity index (χ0v) is 14.1. The molecule has 2 aliphatic rings. The summed E-state index contributed by atoms with van der Waals surface area (Å²) >= 11 is 6.26. The third kappa shape index (κ3) is 3.45. The molecule has 0 aromatic heterocycles. The summed E-state index contributed by atoms with van der Waals surface area (Å²) in [5.74, 6) is 0.116. The summed E-state index contributed by atoms with van der Waals surface area (Å²) in [6.45, 7) is 1.93. The molecule has 0 amide bonds. The SMILES string of the molecule is CCO.N#CC1=C(N)OC2=C(C(=O)CCC2)[C@@H]1c1ccccc1Cl. The number of rotatable bonds is 1. The van der Waals surface area contributed by atoms with Gasteiger partial charge in [0, 0.05) is 30.0 Å². The Labute approximate surface area is 146 Å². The van der Waals surface area contributed by atoms with E-state index < -0.39 is 5.92 Å². The first-order chi connectivity index (χ1) is 11.5. The predicted octanol–water partition coefficient (Wildman–Crippen LogP) is 3.15. The zero-order chi connectivity index (χ0) is 17.7. The van der Waals surface area contributed by atoms with Gasteiger partial charge in [0.05, 0.1) is 5.92 Å². The van der Waals surface area contributed by atoms with Gasteiger partial charge in [-0.2, -0.15) is 5.26 Å². The van der Waals surface area contributed by atoms with E-state index in [0.717, 1.165) is 6.42 Å². The first-order valence-electron chi connectivity index (χ1n) is 7.74. The summed E-state index contributed by atoms with van der Waals surface area (Å²) in [7, 11) is 0. The Balaban J connectivity index is 0.000000647. The second kappa shape index (κ2) is 8.00. The normalized spacial score (nSPS) is 19.8. The van der Waals surface area contributed by atoms with E-state index in [-0.39, 0.29) is 23.8 Å². The molecule has 24 heavy (non-hydrogen) atoms. The molecule has 0 fully saturated rings. The first kappa shape index (κ1) is 18.1. The van der Waals surface area contributed by atoms with Crippen LogP contribution in [0.2, 0.25) is 5.02 Å². The Hall–Kier alpha value is -2.29. The second-order valence-electron chi connectivity index (χ2n) is 5.38. The van der Waals surface area contributed by atoms with E-state index in [9.17, 15) is 10.1 Å². The third-order valence-corrected chi connectivity index (χ3v) is 4.17. The average Bonchev–Trinajstić information content (AvgIpc) is 2.55. The summed E-state index contributed by atoms with van der Waals surface area (Å²) in [5, 5.41) is 17.5. The number of benzene rings is 1. The van der Waals surface area contributed by atoms with Crippen molar-refractivity contribution in [1.82, 2.24) is 0 Å². The van der Waals surface area contributed by atoms with Crippen LogP contribution in [0.4, 0.5) is 0 Å². The summed E-state index contributed by atoms with van der Waals surface area (Å²) in [6.07, 6.45) is 1.85. The monoisotopic (exact) mass is 346 g/mol. The summed E-state index contributed by atoms with van der Waals surface area (Å²) in [6, 6.07) is 9.26. The van der Waals surface area contributed by atoms with Crippen molar-refractivity contribution >= 4 is 17.4 Å². The maximum Gasteiger partial charge on any atom is 0.205 e. The van der Waals surface area contributed by atoms with Crippen molar-refractivity contribution in [2.75, 3.05) is 6.61 Å². The van der Waals surface area contributed by atoms with Crippen LogP contribution in [0, 0.1) is 11.3 Å². The van der Waals surface area contributed by atoms with Crippen LogP contribution in [0.15, 0.2) is 47.1 Å². The topological polar surface area (TPSA) is 96.3 Å². The fourth-order valence-electron chi connectivity index (χ4n) is 2.88. The molecular weight excluding hydrogens is 328 g/mol. The first-order valence-corrected chi connectivity index (χ1v) is 8.12. The van der Waals surface area contributed by atoms with E-state index in [2.05, 4.69) is 6.07 Å². The molecule has 0 saturated carbocycles. The Morgan fingerprint density at radius 3 is 2.71 bits per heavy atom. The van der Waals surface area contributed by atoms with Gasteiger partial charge in [-0.25, -0.2) is 0 Å². The van der Waals surface area contributed by atoms with Crippen LogP contribution < -0.4 is 5.73 Å². The van der Waals surface area contributed by atoms with E-state index in [1.165, 1.54) is 0 Å². The van der Waals surface area contributed by atoms with E-state index in [1.807, 2.05) is 18.2 Å². The van der Waals surface area contributed by atoms with Crippen LogP contribution in [-0.4, -0.2) is 17.5 Å². The van der Waals surface area contributed by atoms with E-state index in [0.29, 0.717) is 34.8 Å². The number of hydrogen-bond donors (Lipinski definition) is 2. The standard InChI is InChI=1S/C16H13ClN2O2.C2H6O/c17-11-5-2-1-4-9(11)14-10(8-18)16(19)21-13-7-3-6-12(20)15(13)14;1-2-3/h1-2,4-5,14H,3,6-7,19H2;3H,2H2,1H3/t14-;/m1./s1. The molecule has 3 rings (SSSR count). The van der Waals surface area contributed by atoms with Gasteiger partial charge in [-0.15, -0.1) is 0 Å². The molecule has 0 unspecified atom stereocenters. The lowest BCUT2D eigenvalue weighted by atomic mass is 9.77. The summed E-state index contributed by atoms with van der Waals surface area (Å²) in [4.78, 5) is 12.3. The Morgan fingerprint density at radius 1 is 1.42 bits per heavy atom. The van der Waals surface area contributed by atoms with Crippen molar-refractivity contribution in [3.63, 3.8) is 0 Å². The number of carbonyl (C=O) groups excluding carboxylic acids is 1. The molecule has 0 spiro atoms. The molecule has 0 radical (unpaired) electrons. The Bertz CT molecular complexity index is 747. The maximum atomic E-state index is 12.3. The van der Waals surface area contributed by atoms with Gasteiger partial charge in [0.2, 0.25) is 5.88 Å². The number of hydrogen-bond acceptors (Lipinski definition) is 5. The van der Waals surface area contributed by atoms with Crippen molar-refractivity contribution in [2.24, 2.45) is 5.73 Å². The highest BCUT2D eigenvalue weighted by Gasteiger charge is 2.38. The maximum absolute atomic E-state index is 12.3. The molecule has 1 heterocycles. The van der Waals surface area contributed by atoms with Crippen LogP contribution in [0.5, 0.6) is 0 Å². The quantitative estimate of drug-likeness (QED) is 0.814. The number of ketones is 1. The lowest BCUT2D eigenvalue weighted by molar-refractivity contribution is -0.116. The number of nitriles is 1. The van der Waals surface area contributed by atoms with Crippen LogP contribution >= 0.6 is 11.6 Å². The molecule has 1 aromatic rings. The largest absolute Gasteiger partial charge is 0.444 e. The van der Waals surface area contributed by atoms with Gasteiger partial charge < -0.3 is 15.6 Å². The van der Waals surface area contributed by atoms with Gasteiger partial charge in [0.1, 0.15) is 17.4 Å². The molecule has 5 nitrogen and oxygen atoms in total. The number of nitrogens with zero attached hydrogens (tertiary/aromatic N) is 1. The van der Waals surface area contributed by atoms with Crippen LogP contribution in [0.25, 0.3) is 0 Å². The van der Waals surface area contributed by atoms with Gasteiger partial charge in [0.25, 0.3) is 0 Å². The van der Waals surface area contributed by atoms with Gasteiger partial charge in [-0.1, -0.05) is 29.8 Å². The zero-order valence-electron chi connectivity index (χ0n) is 13.4. The molecule has 0 saturated heterocycles. The molecule has 1 atom stereocenters. The highest BCUT2D eigenvalue weighted by atomic mass is 35.5. The van der Waals surface area contributed by atoms with Crippen molar-refractivity contribution < 1.29 is 14.6 Å². The lowest BCUT2D eigenvalue weighted by Crippen LogP contribution is -2.27. The van der Waals surface area contributed by atoms with Crippen molar-refractivity contribution in [2.45, 2.75) is 32.1 Å². The molecule has 1 aliphatic carbocycles. The van der Waals surface area contributed by atoms with E-state index >= 15 is 0 Å². The second-order valence-corrected chi connectivity index (χ2v) is 5.78. The molecule has 126 valence electrons. The number of allylic oxidation sites excluding steroid dienone is 3. The van der Waals surface area contributed by atoms with Crippen molar-refractivity contribution in [3.8, 4) is 6.07 Å². The van der Waals surface area contributed by atoms with Crippen LogP contribution in [0.1, 0.15) is 37.7 Å². The highest BCUT2D eigenvalue weighted by molar-refractivity contribution is 6.31. The molecule has 3 N–H and O–H groups in total. The fourth-order valence-corrected chi connectivity index (χ4v) is 3.12. The van der Waals surface area contributed by atoms with Gasteiger partial charge in [-0.05, 0) is 25.0 Å². The smallest absolute Gasteiger partial charge is 0.205 e. The molecule has 1 aromatic carbocycles. The molecule has 0 bridgehead atoms. The van der Waals surface area contributed by atoms with Gasteiger partial charge in [0.15, 0.2) is 5.78 Å². The minimum atomic E-state index is -0.528. The fraction of sp³-hybridized carbons (Fsp3) is 0.333. The number of nitrogens with two attached hydrogens (primary N) is 1. The number of carbonyl (C=O) groups is 1. The Kier molecular flexibility index (Phi) is 6.02. The summed E-state index contributed by atoms with van der Waals surface area (Å²) < 4.78 is 5.51. The average molecular weight is 347 g/mol. The van der Waals surface area contributed by atoms with Crippen LogP contribution in [0.3, 0.4) is 0 Å². The van der Waals surface area contributed by atoms with Gasteiger partial charge in [-0.3, -0.25) is 4.79 Å². The number of halogens is 1. The number of Topliss-reactive ketones (excluding diaryl/α,β-unsaturated/α-hetero) is 1. The molecule has 1 aliphatic heterocycles. The van der Waals surface area contributed by atoms with Gasteiger partial charge >= 0.3 is 0 Å². The summed E-state index contributed by atoms with van der Waals surface area (Å²) in [5.41, 5.74) is 7.35. The van der Waals surface area contributed by atoms with Crippen molar-refractivity contribution in [1.29, 1.82) is 5.26 Å². The Morgan fingerprint density at radius 2 is 2.08 bits per heavy atom. The third-order valence-electron chi connectivity index (χ3n) is 3.82. The number of ether oxygens (including phenoxy) is 1.